The van der Waals surface area contributed by atoms with Gasteiger partial charge in [0.25, 0.3) is 0 Å². The van der Waals surface area contributed by atoms with E-state index in [2.05, 4.69) is 6.92 Å². The summed E-state index contributed by atoms with van der Waals surface area (Å²) in [5.41, 5.74) is 0.483. The molecule has 5 heteroatoms. The van der Waals surface area contributed by atoms with E-state index in [1.54, 1.807) is 24.3 Å². The minimum absolute atomic E-state index is 0.483. The van der Waals surface area contributed by atoms with Crippen LogP contribution in [-0.2, 0) is 0 Å². The third-order valence-electron chi connectivity index (χ3n) is 2.57. The van der Waals surface area contributed by atoms with Crippen molar-refractivity contribution >= 4 is 24.3 Å². The molecule has 0 fully saturated rings. The minimum Gasteiger partial charge on any atom is -0.493 e. The van der Waals surface area contributed by atoms with Gasteiger partial charge in [-0.05, 0) is 29.8 Å². The Morgan fingerprint density at radius 2 is 1.83 bits per heavy atom. The first kappa shape index (κ1) is 15.4. The molecule has 0 aliphatic carbocycles. The number of ether oxygens (including phenoxy) is 1. The van der Waals surface area contributed by atoms with Gasteiger partial charge in [-0.1, -0.05) is 31.9 Å². The Morgan fingerprint density at radius 1 is 1.11 bits per heavy atom. The van der Waals surface area contributed by atoms with Crippen LogP contribution in [0.5, 0.6) is 5.75 Å². The van der Waals surface area contributed by atoms with E-state index < -0.39 is 7.12 Å². The Balaban J connectivity index is 2.12. The van der Waals surface area contributed by atoms with E-state index in [0.717, 1.165) is 11.5 Å². The van der Waals surface area contributed by atoms with Crippen molar-refractivity contribution in [2.45, 2.75) is 26.2 Å². The van der Waals surface area contributed by atoms with E-state index in [4.69, 9.17) is 14.8 Å². The molecule has 1 rings (SSSR count). The van der Waals surface area contributed by atoms with Crippen molar-refractivity contribution in [1.29, 1.82) is 0 Å². The van der Waals surface area contributed by atoms with Crippen LogP contribution in [0.3, 0.4) is 0 Å². The molecule has 0 saturated carbocycles. The number of thioether (sulfide) groups is 1. The monoisotopic (exact) mass is 268 g/mol. The molecule has 0 bridgehead atoms. The van der Waals surface area contributed by atoms with Gasteiger partial charge in [0.15, 0.2) is 0 Å². The maximum atomic E-state index is 8.94. The van der Waals surface area contributed by atoms with Crippen molar-refractivity contribution in [3.63, 3.8) is 0 Å². The van der Waals surface area contributed by atoms with Gasteiger partial charge < -0.3 is 14.8 Å². The number of unbranched alkanes of at least 4 members (excludes halogenated alkanes) is 2. The summed E-state index contributed by atoms with van der Waals surface area (Å²) in [6.07, 6.45) is 3.85. The molecular weight excluding hydrogens is 247 g/mol. The third kappa shape index (κ3) is 6.33. The Bertz CT molecular complexity index is 317. The van der Waals surface area contributed by atoms with Gasteiger partial charge in [-0.15, -0.1) is 0 Å². The highest BCUT2D eigenvalue weighted by Crippen LogP contribution is 2.10. The Kier molecular flexibility index (Phi) is 7.97. The van der Waals surface area contributed by atoms with Crippen LogP contribution >= 0.6 is 11.8 Å². The fraction of sp³-hybridized carbons (Fsp3) is 0.538. The lowest BCUT2D eigenvalue weighted by molar-refractivity contribution is 0.344. The molecule has 100 valence electrons. The molecule has 2 N–H and O–H groups in total. The molecule has 1 aromatic carbocycles. The van der Waals surface area contributed by atoms with Crippen LogP contribution in [0.15, 0.2) is 24.3 Å². The molecule has 3 nitrogen and oxygen atoms in total. The molecule has 0 atom stereocenters. The molecule has 0 aliphatic heterocycles. The van der Waals surface area contributed by atoms with Crippen molar-refractivity contribution in [3.05, 3.63) is 24.3 Å². The number of benzene rings is 1. The molecular formula is C13H21BO3S. The summed E-state index contributed by atoms with van der Waals surface area (Å²) < 4.78 is 5.56. The molecule has 0 aliphatic rings. The zero-order valence-corrected chi connectivity index (χ0v) is 11.7. The minimum atomic E-state index is -1.41. The van der Waals surface area contributed by atoms with E-state index in [0.29, 0.717) is 12.1 Å². The maximum absolute atomic E-state index is 8.94. The van der Waals surface area contributed by atoms with Crippen molar-refractivity contribution in [2.75, 3.05) is 18.1 Å². The Hall–Kier alpha value is -0.645. The second-order valence-corrected chi connectivity index (χ2v) is 5.34. The predicted molar refractivity (Wildman–Crippen MR) is 78.6 cm³/mol. The van der Waals surface area contributed by atoms with Crippen LogP contribution in [0.25, 0.3) is 0 Å². The van der Waals surface area contributed by atoms with Crippen molar-refractivity contribution in [3.8, 4) is 5.75 Å². The molecule has 0 spiro atoms. The van der Waals surface area contributed by atoms with Gasteiger partial charge in [-0.2, -0.15) is 11.8 Å². The fourth-order valence-electron chi connectivity index (χ4n) is 1.51. The zero-order chi connectivity index (χ0) is 13.2. The highest BCUT2D eigenvalue weighted by molar-refractivity contribution is 7.99. The first-order valence-corrected chi connectivity index (χ1v) is 7.56. The number of hydrogen-bond donors (Lipinski definition) is 2. The Morgan fingerprint density at radius 3 is 2.44 bits per heavy atom. The topological polar surface area (TPSA) is 49.7 Å². The van der Waals surface area contributed by atoms with Crippen molar-refractivity contribution < 1.29 is 14.8 Å². The molecule has 0 heterocycles. The van der Waals surface area contributed by atoms with E-state index in [9.17, 15) is 0 Å². The van der Waals surface area contributed by atoms with E-state index in [-0.39, 0.29) is 0 Å². The number of hydrogen-bond acceptors (Lipinski definition) is 4. The third-order valence-corrected chi connectivity index (χ3v) is 3.60. The largest absolute Gasteiger partial charge is 0.493 e. The zero-order valence-electron chi connectivity index (χ0n) is 10.8. The first-order valence-electron chi connectivity index (χ1n) is 6.40. The van der Waals surface area contributed by atoms with Gasteiger partial charge in [0.2, 0.25) is 0 Å². The predicted octanol–water partition coefficient (Wildman–Crippen LogP) is 1.67. The van der Waals surface area contributed by atoms with Crippen LogP contribution in [0.1, 0.15) is 26.2 Å². The summed E-state index contributed by atoms with van der Waals surface area (Å²) in [5, 5.41) is 17.9. The summed E-state index contributed by atoms with van der Waals surface area (Å²) in [6, 6.07) is 6.84. The van der Waals surface area contributed by atoms with E-state index >= 15 is 0 Å². The summed E-state index contributed by atoms with van der Waals surface area (Å²) in [4.78, 5) is 0. The van der Waals surface area contributed by atoms with Crippen LogP contribution in [0, 0.1) is 0 Å². The molecule has 0 aromatic heterocycles. The van der Waals surface area contributed by atoms with Gasteiger partial charge in [-0.25, -0.2) is 0 Å². The maximum Gasteiger partial charge on any atom is 0.488 e. The summed E-state index contributed by atoms with van der Waals surface area (Å²) in [6.45, 7) is 2.90. The van der Waals surface area contributed by atoms with Gasteiger partial charge >= 0.3 is 7.12 Å². The normalized spacial score (nSPS) is 10.4. The van der Waals surface area contributed by atoms with E-state index in [1.807, 2.05) is 11.8 Å². The van der Waals surface area contributed by atoms with E-state index in [1.165, 1.54) is 25.0 Å². The van der Waals surface area contributed by atoms with Crippen LogP contribution in [-0.4, -0.2) is 35.3 Å². The molecule has 18 heavy (non-hydrogen) atoms. The van der Waals surface area contributed by atoms with Crippen LogP contribution in [0.4, 0.5) is 0 Å². The summed E-state index contributed by atoms with van der Waals surface area (Å²) in [7, 11) is -1.41. The van der Waals surface area contributed by atoms with Gasteiger partial charge in [0.1, 0.15) is 5.75 Å². The molecule has 0 unspecified atom stereocenters. The second kappa shape index (κ2) is 9.31. The highest BCUT2D eigenvalue weighted by Gasteiger charge is 2.09. The van der Waals surface area contributed by atoms with Crippen molar-refractivity contribution in [2.24, 2.45) is 0 Å². The van der Waals surface area contributed by atoms with Gasteiger partial charge in [0, 0.05) is 5.75 Å². The molecule has 0 saturated heterocycles. The SMILES string of the molecule is CCCCCSCCOc1ccc(B(O)O)cc1. The second-order valence-electron chi connectivity index (χ2n) is 4.11. The average Bonchev–Trinajstić information content (AvgIpc) is 2.38. The average molecular weight is 268 g/mol. The molecule has 0 radical (unpaired) electrons. The lowest BCUT2D eigenvalue weighted by atomic mass is 9.80. The smallest absolute Gasteiger partial charge is 0.488 e. The Labute approximate surface area is 114 Å². The summed E-state index contributed by atoms with van der Waals surface area (Å²) >= 11 is 1.92. The molecule has 0 amide bonds. The first-order chi connectivity index (χ1) is 8.74. The standard InChI is InChI=1S/C13H21BO3S/c1-2-3-4-10-18-11-9-17-13-7-5-12(6-8-13)14(15)16/h5-8,15-16H,2-4,9-11H2,1H3. The summed E-state index contributed by atoms with van der Waals surface area (Å²) in [5.74, 6) is 2.97. The fourth-order valence-corrected chi connectivity index (χ4v) is 2.32. The van der Waals surface area contributed by atoms with Crippen LogP contribution in [0.2, 0.25) is 0 Å². The highest BCUT2D eigenvalue weighted by atomic mass is 32.2. The lowest BCUT2D eigenvalue weighted by Gasteiger charge is -2.07. The number of rotatable bonds is 9. The van der Waals surface area contributed by atoms with Crippen LogP contribution < -0.4 is 10.2 Å². The van der Waals surface area contributed by atoms with Gasteiger partial charge in [-0.3, -0.25) is 0 Å². The quantitative estimate of drug-likeness (QED) is 0.528. The molecule has 1 aromatic rings. The van der Waals surface area contributed by atoms with Gasteiger partial charge in [0.05, 0.1) is 6.61 Å². The lowest BCUT2D eigenvalue weighted by Crippen LogP contribution is -2.29. The van der Waals surface area contributed by atoms with Crippen molar-refractivity contribution in [1.82, 2.24) is 0 Å².